The third-order valence-corrected chi connectivity index (χ3v) is 7.15. The molecule has 1 saturated heterocycles. The predicted octanol–water partition coefficient (Wildman–Crippen LogP) is 3.79. The van der Waals surface area contributed by atoms with E-state index in [1.54, 1.807) is 42.5 Å². The molecule has 0 unspecified atom stereocenters. The summed E-state index contributed by atoms with van der Waals surface area (Å²) < 4.78 is 40.4. The molecule has 0 aromatic heterocycles. The number of benzene rings is 2. The molecule has 0 saturated carbocycles. The number of hydrogen-bond acceptors (Lipinski definition) is 3. The molecule has 2 N–H and O–H groups in total. The number of piperidine rings is 1. The van der Waals surface area contributed by atoms with Crippen molar-refractivity contribution in [3.05, 3.63) is 65.0 Å². The summed E-state index contributed by atoms with van der Waals surface area (Å²) in [5.74, 6) is 0.397. The van der Waals surface area contributed by atoms with Crippen molar-refractivity contribution >= 4 is 40.0 Å². The van der Waals surface area contributed by atoms with E-state index in [2.05, 4.69) is 15.6 Å². The maximum absolute atomic E-state index is 13.4. The number of aliphatic imine (C=N–C) groups is 1. The molecule has 6 nitrogen and oxygen atoms in total. The van der Waals surface area contributed by atoms with Crippen LogP contribution < -0.4 is 10.6 Å². The van der Waals surface area contributed by atoms with Crippen molar-refractivity contribution in [3.8, 4) is 0 Å². The Bertz CT molecular complexity index is 991. The van der Waals surface area contributed by atoms with E-state index in [9.17, 15) is 12.8 Å². The number of nitrogens with one attached hydrogen (secondary N) is 2. The summed E-state index contributed by atoms with van der Waals surface area (Å²) in [6, 6.07) is 12.0. The van der Waals surface area contributed by atoms with Gasteiger partial charge in [-0.3, -0.25) is 4.99 Å². The lowest BCUT2D eigenvalue weighted by Crippen LogP contribution is -2.36. The van der Waals surface area contributed by atoms with Gasteiger partial charge in [-0.1, -0.05) is 30.7 Å². The summed E-state index contributed by atoms with van der Waals surface area (Å²) >= 11 is 0. The van der Waals surface area contributed by atoms with E-state index in [0.29, 0.717) is 42.6 Å². The summed E-state index contributed by atoms with van der Waals surface area (Å²) in [7, 11) is -1.73. The third-order valence-electron chi connectivity index (χ3n) is 5.24. The van der Waals surface area contributed by atoms with Crippen LogP contribution in [0.4, 0.5) is 4.39 Å². The summed E-state index contributed by atoms with van der Waals surface area (Å²) in [5, 5.41) is 6.40. The van der Waals surface area contributed by atoms with Crippen LogP contribution in [-0.4, -0.2) is 38.8 Å². The normalized spacial score (nSPS) is 15.3. The van der Waals surface area contributed by atoms with Gasteiger partial charge in [0.2, 0.25) is 10.0 Å². The minimum absolute atomic E-state index is 0. The predicted molar refractivity (Wildman–Crippen MR) is 133 cm³/mol. The van der Waals surface area contributed by atoms with E-state index in [-0.39, 0.29) is 29.8 Å². The van der Waals surface area contributed by atoms with Crippen LogP contribution in [0.2, 0.25) is 0 Å². The molecule has 170 valence electrons. The average molecular weight is 560 g/mol. The van der Waals surface area contributed by atoms with Crippen LogP contribution in [-0.2, 0) is 23.1 Å². The Morgan fingerprint density at radius 1 is 1.00 bits per heavy atom. The lowest BCUT2D eigenvalue weighted by molar-refractivity contribution is 0.346. The zero-order valence-corrected chi connectivity index (χ0v) is 21.0. The highest BCUT2D eigenvalue weighted by Crippen LogP contribution is 2.20. The number of sulfonamides is 1. The summed E-state index contributed by atoms with van der Waals surface area (Å²) in [5.41, 5.74) is 2.52. The quantitative estimate of drug-likeness (QED) is 0.321. The lowest BCUT2D eigenvalue weighted by atomic mass is 10.1. The lowest BCUT2D eigenvalue weighted by Gasteiger charge is -2.25. The average Bonchev–Trinajstić information content (AvgIpc) is 2.77. The Morgan fingerprint density at radius 2 is 1.58 bits per heavy atom. The molecule has 9 heteroatoms. The Hall–Kier alpha value is -1.72. The minimum atomic E-state index is -3.41. The van der Waals surface area contributed by atoms with Gasteiger partial charge in [-0.2, -0.15) is 4.31 Å². The Morgan fingerprint density at radius 3 is 2.16 bits per heavy atom. The molecular weight excluding hydrogens is 530 g/mol. The van der Waals surface area contributed by atoms with Gasteiger partial charge in [0, 0.05) is 33.2 Å². The van der Waals surface area contributed by atoms with E-state index >= 15 is 0 Å². The summed E-state index contributed by atoms with van der Waals surface area (Å²) in [4.78, 5) is 4.53. The number of guanidine groups is 1. The second-order valence-electron chi connectivity index (χ2n) is 7.47. The highest BCUT2D eigenvalue weighted by molar-refractivity contribution is 14.0. The van der Waals surface area contributed by atoms with Crippen molar-refractivity contribution in [2.75, 3.05) is 20.1 Å². The molecule has 0 radical (unpaired) electrons. The monoisotopic (exact) mass is 560 g/mol. The molecule has 1 aliphatic heterocycles. The highest BCUT2D eigenvalue weighted by Gasteiger charge is 2.25. The van der Waals surface area contributed by atoms with Gasteiger partial charge < -0.3 is 10.6 Å². The zero-order valence-electron chi connectivity index (χ0n) is 17.9. The first-order valence-corrected chi connectivity index (χ1v) is 11.6. The first-order chi connectivity index (χ1) is 14.4. The van der Waals surface area contributed by atoms with Crippen LogP contribution >= 0.6 is 24.0 Å². The van der Waals surface area contributed by atoms with E-state index in [0.717, 1.165) is 30.4 Å². The standard InChI is InChI=1S/C22H29FN4O2S.HI/c1-17-14-19(8-11-21(17)23)16-26-22(24-2)25-15-18-6-9-20(10-7-18)30(28,29)27-12-4-3-5-13-27;/h6-11,14H,3-5,12-13,15-16H2,1-2H3,(H2,24,25,26);1H. The molecular formula is C22H30FIN4O2S. The Balaban J connectivity index is 0.00000341. The first kappa shape index (κ1) is 25.5. The number of rotatable bonds is 6. The van der Waals surface area contributed by atoms with Crippen molar-refractivity contribution in [1.29, 1.82) is 0 Å². The topological polar surface area (TPSA) is 73.8 Å². The maximum atomic E-state index is 13.4. The summed E-state index contributed by atoms with van der Waals surface area (Å²) in [6.45, 7) is 3.96. The van der Waals surface area contributed by atoms with E-state index in [1.807, 2.05) is 12.1 Å². The van der Waals surface area contributed by atoms with Crippen LogP contribution in [0.1, 0.15) is 36.0 Å². The first-order valence-electron chi connectivity index (χ1n) is 10.2. The smallest absolute Gasteiger partial charge is 0.243 e. The molecule has 2 aromatic carbocycles. The van der Waals surface area contributed by atoms with Gasteiger partial charge >= 0.3 is 0 Å². The second-order valence-corrected chi connectivity index (χ2v) is 9.41. The molecule has 2 aromatic rings. The van der Waals surface area contributed by atoms with E-state index in [1.165, 1.54) is 6.07 Å². The molecule has 1 fully saturated rings. The molecule has 31 heavy (non-hydrogen) atoms. The zero-order chi connectivity index (χ0) is 21.6. The van der Waals surface area contributed by atoms with E-state index in [4.69, 9.17) is 0 Å². The van der Waals surface area contributed by atoms with Gasteiger partial charge in [0.1, 0.15) is 5.82 Å². The van der Waals surface area contributed by atoms with Crippen molar-refractivity contribution in [3.63, 3.8) is 0 Å². The van der Waals surface area contributed by atoms with Crippen molar-refractivity contribution in [2.24, 2.45) is 4.99 Å². The van der Waals surface area contributed by atoms with Crippen molar-refractivity contribution in [1.82, 2.24) is 14.9 Å². The Labute approximate surface area is 201 Å². The maximum Gasteiger partial charge on any atom is 0.243 e. The molecule has 0 aliphatic carbocycles. The van der Waals surface area contributed by atoms with Crippen molar-refractivity contribution in [2.45, 2.75) is 44.2 Å². The number of nitrogens with zero attached hydrogens (tertiary/aromatic N) is 2. The molecule has 3 rings (SSSR count). The fourth-order valence-electron chi connectivity index (χ4n) is 3.44. The molecule has 1 heterocycles. The van der Waals surface area contributed by atoms with Crippen LogP contribution in [0.3, 0.4) is 0 Å². The van der Waals surface area contributed by atoms with Gasteiger partial charge in [0.15, 0.2) is 5.96 Å². The van der Waals surface area contributed by atoms with Crippen LogP contribution in [0.25, 0.3) is 0 Å². The molecule has 0 atom stereocenters. The fourth-order valence-corrected chi connectivity index (χ4v) is 4.96. The third kappa shape index (κ3) is 6.88. The van der Waals surface area contributed by atoms with Gasteiger partial charge in [0.25, 0.3) is 0 Å². The second kappa shape index (κ2) is 11.8. The highest BCUT2D eigenvalue weighted by atomic mass is 127. The van der Waals surface area contributed by atoms with Gasteiger partial charge in [0.05, 0.1) is 4.90 Å². The fraction of sp³-hybridized carbons (Fsp3) is 0.409. The number of halogens is 2. The van der Waals surface area contributed by atoms with Gasteiger partial charge in [-0.25, -0.2) is 12.8 Å². The van der Waals surface area contributed by atoms with Crippen molar-refractivity contribution < 1.29 is 12.8 Å². The van der Waals surface area contributed by atoms with Gasteiger partial charge in [-0.05, 0) is 54.7 Å². The largest absolute Gasteiger partial charge is 0.352 e. The minimum Gasteiger partial charge on any atom is -0.352 e. The Kier molecular flexibility index (Phi) is 9.70. The molecule has 1 aliphatic rings. The number of aryl methyl sites for hydroxylation is 1. The SMILES string of the molecule is CN=C(NCc1ccc(S(=O)(=O)N2CCCCC2)cc1)NCc1ccc(F)c(C)c1.I. The number of hydrogen-bond donors (Lipinski definition) is 2. The molecule has 0 amide bonds. The van der Waals surface area contributed by atoms with Crippen LogP contribution in [0.15, 0.2) is 52.4 Å². The van der Waals surface area contributed by atoms with Crippen LogP contribution in [0.5, 0.6) is 0 Å². The van der Waals surface area contributed by atoms with E-state index < -0.39 is 10.0 Å². The van der Waals surface area contributed by atoms with Crippen LogP contribution in [0, 0.1) is 12.7 Å². The molecule has 0 spiro atoms. The van der Waals surface area contributed by atoms with Gasteiger partial charge in [-0.15, -0.1) is 24.0 Å². The molecule has 0 bridgehead atoms. The summed E-state index contributed by atoms with van der Waals surface area (Å²) in [6.07, 6.45) is 2.93.